The molecule has 5 rings (SSSR count). The number of benzene rings is 2. The quantitative estimate of drug-likeness (QED) is 0.482. The molecule has 3 heterocycles. The summed E-state index contributed by atoms with van der Waals surface area (Å²) in [6.45, 7) is 2.85. The molecule has 0 aliphatic carbocycles. The molecule has 0 atom stereocenters. The first kappa shape index (κ1) is 20.0. The fourth-order valence-electron chi connectivity index (χ4n) is 3.88. The Morgan fingerprint density at radius 1 is 0.875 bits per heavy atom. The van der Waals surface area contributed by atoms with Gasteiger partial charge < -0.3 is 18.8 Å². The fraction of sp³-hybridized carbons (Fsp3) is 0.208. The Bertz CT molecular complexity index is 1190. The van der Waals surface area contributed by atoms with Gasteiger partial charge in [-0.1, -0.05) is 18.2 Å². The van der Waals surface area contributed by atoms with Crippen LogP contribution >= 0.6 is 0 Å². The number of aromatic nitrogens is 3. The van der Waals surface area contributed by atoms with E-state index < -0.39 is 0 Å². The standard InChI is InChI=1S/C24H22FN5O2/c25-19-8-10-20(11-9-19)28-13-15-29(16-14-28)22(31)17-30-12-4-7-21(30)24-27-26-23(32-24)18-5-2-1-3-6-18/h1-12H,13-17H2. The van der Waals surface area contributed by atoms with Crippen molar-refractivity contribution in [3.8, 4) is 23.0 Å². The molecule has 0 saturated carbocycles. The molecule has 8 heteroatoms. The SMILES string of the molecule is O=C(Cn1cccc1-c1nnc(-c2ccccc2)o1)N1CCN(c2ccc(F)cc2)CC1. The lowest BCUT2D eigenvalue weighted by atomic mass is 10.2. The first-order chi connectivity index (χ1) is 15.7. The Morgan fingerprint density at radius 2 is 1.59 bits per heavy atom. The zero-order valence-electron chi connectivity index (χ0n) is 17.4. The van der Waals surface area contributed by atoms with E-state index in [2.05, 4.69) is 15.1 Å². The summed E-state index contributed by atoms with van der Waals surface area (Å²) in [6, 6.07) is 19.8. The van der Waals surface area contributed by atoms with Crippen molar-refractivity contribution in [2.75, 3.05) is 31.1 Å². The van der Waals surface area contributed by atoms with Crippen LogP contribution in [0.5, 0.6) is 0 Å². The molecule has 1 fully saturated rings. The minimum atomic E-state index is -0.248. The second kappa shape index (κ2) is 8.66. The van der Waals surface area contributed by atoms with Gasteiger partial charge in [0, 0.05) is 43.6 Å². The largest absolute Gasteiger partial charge is 0.415 e. The molecule has 1 aliphatic rings. The van der Waals surface area contributed by atoms with Crippen LogP contribution in [0, 0.1) is 5.82 Å². The molecule has 7 nitrogen and oxygen atoms in total. The highest BCUT2D eigenvalue weighted by atomic mass is 19.1. The van der Waals surface area contributed by atoms with Crippen LogP contribution in [0.2, 0.25) is 0 Å². The Morgan fingerprint density at radius 3 is 2.34 bits per heavy atom. The smallest absolute Gasteiger partial charge is 0.264 e. The normalized spacial score (nSPS) is 14.0. The first-order valence-electron chi connectivity index (χ1n) is 10.5. The van der Waals surface area contributed by atoms with Crippen molar-refractivity contribution in [3.05, 3.63) is 78.7 Å². The molecular formula is C24H22FN5O2. The maximum Gasteiger partial charge on any atom is 0.264 e. The van der Waals surface area contributed by atoms with Gasteiger partial charge in [-0.25, -0.2) is 4.39 Å². The highest BCUT2D eigenvalue weighted by molar-refractivity contribution is 5.77. The molecule has 162 valence electrons. The molecule has 1 saturated heterocycles. The van der Waals surface area contributed by atoms with Crippen LogP contribution in [0.15, 0.2) is 77.3 Å². The van der Waals surface area contributed by atoms with E-state index in [-0.39, 0.29) is 18.3 Å². The number of piperazine rings is 1. The van der Waals surface area contributed by atoms with Gasteiger partial charge in [0.05, 0.1) is 0 Å². The number of rotatable bonds is 5. The summed E-state index contributed by atoms with van der Waals surface area (Å²) in [6.07, 6.45) is 1.84. The Labute approximate surface area is 184 Å². The Kier molecular flexibility index (Phi) is 5.41. The lowest BCUT2D eigenvalue weighted by Gasteiger charge is -2.36. The predicted octanol–water partition coefficient (Wildman–Crippen LogP) is 3.69. The number of hydrogen-bond donors (Lipinski definition) is 0. The summed E-state index contributed by atoms with van der Waals surface area (Å²) < 4.78 is 20.8. The van der Waals surface area contributed by atoms with E-state index in [1.165, 1.54) is 12.1 Å². The van der Waals surface area contributed by atoms with Gasteiger partial charge in [-0.3, -0.25) is 4.79 Å². The number of amides is 1. The zero-order valence-corrected chi connectivity index (χ0v) is 17.4. The van der Waals surface area contributed by atoms with Crippen LogP contribution < -0.4 is 4.90 Å². The molecule has 0 radical (unpaired) electrons. The average Bonchev–Trinajstić information content (AvgIpc) is 3.50. The minimum absolute atomic E-state index is 0.0315. The molecule has 1 amide bonds. The van der Waals surface area contributed by atoms with Crippen molar-refractivity contribution in [2.45, 2.75) is 6.54 Å². The second-order valence-electron chi connectivity index (χ2n) is 7.64. The topological polar surface area (TPSA) is 67.4 Å². The van der Waals surface area contributed by atoms with Gasteiger partial charge >= 0.3 is 0 Å². The van der Waals surface area contributed by atoms with Crippen LogP contribution in [0.25, 0.3) is 23.0 Å². The number of anilines is 1. The summed E-state index contributed by atoms with van der Waals surface area (Å²) in [4.78, 5) is 16.9. The summed E-state index contributed by atoms with van der Waals surface area (Å²) in [5.41, 5.74) is 2.52. The lowest BCUT2D eigenvalue weighted by molar-refractivity contribution is -0.132. The molecule has 0 spiro atoms. The first-order valence-corrected chi connectivity index (χ1v) is 10.5. The van der Waals surface area contributed by atoms with Crippen LogP contribution in [0.4, 0.5) is 10.1 Å². The Balaban J connectivity index is 1.23. The van der Waals surface area contributed by atoms with E-state index >= 15 is 0 Å². The number of hydrogen-bond acceptors (Lipinski definition) is 5. The third kappa shape index (κ3) is 4.12. The number of carbonyl (C=O) groups excluding carboxylic acids is 1. The van der Waals surface area contributed by atoms with Gasteiger partial charge in [0.25, 0.3) is 5.89 Å². The number of halogens is 1. The zero-order chi connectivity index (χ0) is 21.9. The van der Waals surface area contributed by atoms with E-state index in [0.29, 0.717) is 43.7 Å². The third-order valence-corrected chi connectivity index (χ3v) is 5.62. The molecule has 0 N–H and O–H groups in total. The van der Waals surface area contributed by atoms with Crippen molar-refractivity contribution >= 4 is 11.6 Å². The summed E-state index contributed by atoms with van der Waals surface area (Å²) in [5.74, 6) is 0.602. The van der Waals surface area contributed by atoms with Gasteiger partial charge in [0.2, 0.25) is 11.8 Å². The van der Waals surface area contributed by atoms with E-state index in [4.69, 9.17) is 4.42 Å². The van der Waals surface area contributed by atoms with Crippen LogP contribution in [-0.2, 0) is 11.3 Å². The molecule has 4 aromatic rings. The highest BCUT2D eigenvalue weighted by Crippen LogP contribution is 2.24. The van der Waals surface area contributed by atoms with Gasteiger partial charge in [0.15, 0.2) is 0 Å². The molecule has 1 aliphatic heterocycles. The molecule has 2 aromatic heterocycles. The van der Waals surface area contributed by atoms with E-state index in [0.717, 1.165) is 11.3 Å². The van der Waals surface area contributed by atoms with E-state index in [1.807, 2.05) is 58.1 Å². The molecule has 32 heavy (non-hydrogen) atoms. The number of nitrogens with zero attached hydrogens (tertiary/aromatic N) is 5. The van der Waals surface area contributed by atoms with Gasteiger partial charge in [-0.2, -0.15) is 0 Å². The maximum atomic E-state index is 13.2. The summed E-state index contributed by atoms with van der Waals surface area (Å²) >= 11 is 0. The van der Waals surface area contributed by atoms with Crippen molar-refractivity contribution in [1.29, 1.82) is 0 Å². The van der Waals surface area contributed by atoms with Crippen molar-refractivity contribution in [1.82, 2.24) is 19.7 Å². The van der Waals surface area contributed by atoms with Crippen LogP contribution in [0.1, 0.15) is 0 Å². The summed E-state index contributed by atoms with van der Waals surface area (Å²) in [5, 5.41) is 8.31. The number of carbonyl (C=O) groups is 1. The fourth-order valence-corrected chi connectivity index (χ4v) is 3.88. The van der Waals surface area contributed by atoms with Crippen molar-refractivity contribution in [3.63, 3.8) is 0 Å². The monoisotopic (exact) mass is 431 g/mol. The molecular weight excluding hydrogens is 409 g/mol. The van der Waals surface area contributed by atoms with Crippen molar-refractivity contribution < 1.29 is 13.6 Å². The highest BCUT2D eigenvalue weighted by Gasteiger charge is 2.23. The van der Waals surface area contributed by atoms with Gasteiger partial charge in [-0.15, -0.1) is 10.2 Å². The van der Waals surface area contributed by atoms with Crippen LogP contribution in [-0.4, -0.2) is 51.8 Å². The van der Waals surface area contributed by atoms with Crippen LogP contribution in [0.3, 0.4) is 0 Å². The summed E-state index contributed by atoms with van der Waals surface area (Å²) in [7, 11) is 0. The van der Waals surface area contributed by atoms with E-state index in [1.54, 1.807) is 12.1 Å². The maximum absolute atomic E-state index is 13.2. The van der Waals surface area contributed by atoms with Crippen molar-refractivity contribution in [2.24, 2.45) is 0 Å². The Hall–Kier alpha value is -3.94. The third-order valence-electron chi connectivity index (χ3n) is 5.62. The van der Waals surface area contributed by atoms with Gasteiger partial charge in [0.1, 0.15) is 18.1 Å². The van der Waals surface area contributed by atoms with E-state index in [9.17, 15) is 9.18 Å². The lowest BCUT2D eigenvalue weighted by Crippen LogP contribution is -2.49. The second-order valence-corrected chi connectivity index (χ2v) is 7.64. The predicted molar refractivity (Wildman–Crippen MR) is 118 cm³/mol. The molecule has 0 unspecified atom stereocenters. The van der Waals surface area contributed by atoms with Gasteiger partial charge in [-0.05, 0) is 48.5 Å². The average molecular weight is 431 g/mol. The molecule has 2 aromatic carbocycles. The minimum Gasteiger partial charge on any atom is -0.415 e. The molecule has 0 bridgehead atoms.